The molecule has 2 heterocycles. The Labute approximate surface area is 251 Å². The van der Waals surface area contributed by atoms with Crippen molar-refractivity contribution in [3.8, 4) is 34.2 Å². The zero-order chi connectivity index (χ0) is 29.8. The number of aryl methyl sites for hydroxylation is 1. The molecule has 0 aliphatic rings. The van der Waals surface area contributed by atoms with Gasteiger partial charge in [-0.15, -0.1) is 11.3 Å². The van der Waals surface area contributed by atoms with Crippen LogP contribution in [0.1, 0.15) is 66.4 Å². The zero-order valence-electron chi connectivity index (χ0n) is 24.7. The Hall–Kier alpha value is -4.47. The lowest BCUT2D eigenvalue weighted by Gasteiger charge is -2.12. The molecule has 1 atom stereocenters. The lowest BCUT2D eigenvalue weighted by Crippen LogP contribution is -2.13. The smallest absolute Gasteiger partial charge is 0.257 e. The van der Waals surface area contributed by atoms with E-state index in [2.05, 4.69) is 63.3 Å². The number of hydrogen-bond acceptors (Lipinski definition) is 5. The maximum absolute atomic E-state index is 13.9. The van der Waals surface area contributed by atoms with Crippen LogP contribution < -0.4 is 10.1 Å². The molecule has 212 valence electrons. The topological polar surface area (TPSA) is 75.0 Å². The van der Waals surface area contributed by atoms with Crippen LogP contribution in [-0.2, 0) is 0 Å². The second-order valence-corrected chi connectivity index (χ2v) is 12.3. The van der Waals surface area contributed by atoms with E-state index in [1.807, 2.05) is 61.5 Å². The Morgan fingerprint density at radius 2 is 1.76 bits per heavy atom. The Balaban J connectivity index is 1.50. The number of benzene rings is 3. The molecule has 0 saturated heterocycles. The molecule has 6 heteroatoms. The molecule has 2 aromatic heterocycles. The van der Waals surface area contributed by atoms with Gasteiger partial charge in [0.05, 0.1) is 28.9 Å². The van der Waals surface area contributed by atoms with E-state index in [1.165, 1.54) is 16.9 Å². The van der Waals surface area contributed by atoms with Crippen molar-refractivity contribution in [2.45, 2.75) is 47.0 Å². The first kappa shape index (κ1) is 29.0. The van der Waals surface area contributed by atoms with E-state index >= 15 is 0 Å². The van der Waals surface area contributed by atoms with Crippen molar-refractivity contribution in [1.82, 2.24) is 4.98 Å². The van der Waals surface area contributed by atoms with Crippen molar-refractivity contribution < 1.29 is 9.53 Å². The summed E-state index contributed by atoms with van der Waals surface area (Å²) in [6.45, 7) is 11.2. The van der Waals surface area contributed by atoms with Crippen LogP contribution in [0, 0.1) is 24.2 Å². The second kappa shape index (κ2) is 12.6. The SMILES string of the molecule is CCC(C)c1ccc(-c2c(C)sc(NC(=O)c3cc(-c4cccc(OCC(C)C)c4)nc4ccccc34)c2C#N)cc1. The van der Waals surface area contributed by atoms with Gasteiger partial charge in [0, 0.05) is 21.4 Å². The molecule has 0 bridgehead atoms. The summed E-state index contributed by atoms with van der Waals surface area (Å²) in [7, 11) is 0. The molecule has 5 aromatic rings. The number of nitrogens with zero attached hydrogens (tertiary/aromatic N) is 2. The predicted molar refractivity (Wildman–Crippen MR) is 173 cm³/mol. The molecule has 5 rings (SSSR count). The van der Waals surface area contributed by atoms with Crippen molar-refractivity contribution >= 4 is 33.1 Å². The normalized spacial score (nSPS) is 11.8. The minimum Gasteiger partial charge on any atom is -0.493 e. The number of aromatic nitrogens is 1. The van der Waals surface area contributed by atoms with Gasteiger partial charge in [-0.25, -0.2) is 4.98 Å². The lowest BCUT2D eigenvalue weighted by atomic mass is 9.95. The van der Waals surface area contributed by atoms with E-state index in [1.54, 1.807) is 0 Å². The third-order valence-corrected chi connectivity index (χ3v) is 8.50. The number of carbonyl (C=O) groups excluding carboxylic acids is 1. The molecule has 3 aromatic carbocycles. The fourth-order valence-corrected chi connectivity index (χ4v) is 6.01. The average Bonchev–Trinajstić information content (AvgIpc) is 3.33. The van der Waals surface area contributed by atoms with Gasteiger partial charge in [-0.2, -0.15) is 5.26 Å². The highest BCUT2D eigenvalue weighted by Crippen LogP contribution is 2.40. The van der Waals surface area contributed by atoms with Crippen LogP contribution in [0.15, 0.2) is 78.9 Å². The molecule has 1 unspecified atom stereocenters. The van der Waals surface area contributed by atoms with Gasteiger partial charge in [0.1, 0.15) is 16.8 Å². The number of nitrogens with one attached hydrogen (secondary N) is 1. The minimum absolute atomic E-state index is 0.279. The number of anilines is 1. The summed E-state index contributed by atoms with van der Waals surface area (Å²) in [5, 5.41) is 14.6. The number of carbonyl (C=O) groups is 1. The van der Waals surface area contributed by atoms with Gasteiger partial charge in [0.25, 0.3) is 5.91 Å². The first-order valence-electron chi connectivity index (χ1n) is 14.4. The third kappa shape index (κ3) is 6.07. The molecule has 0 aliphatic heterocycles. The number of thiophene rings is 1. The van der Waals surface area contributed by atoms with Gasteiger partial charge in [-0.3, -0.25) is 4.79 Å². The van der Waals surface area contributed by atoms with E-state index in [4.69, 9.17) is 9.72 Å². The Morgan fingerprint density at radius 3 is 2.48 bits per heavy atom. The molecule has 1 amide bonds. The van der Waals surface area contributed by atoms with Gasteiger partial charge in [-0.1, -0.05) is 82.3 Å². The van der Waals surface area contributed by atoms with Gasteiger partial charge in [0.2, 0.25) is 0 Å². The fourth-order valence-electron chi connectivity index (χ4n) is 4.99. The van der Waals surface area contributed by atoms with Crippen LogP contribution in [0.3, 0.4) is 0 Å². The van der Waals surface area contributed by atoms with Crippen molar-refractivity contribution in [3.05, 3.63) is 100 Å². The van der Waals surface area contributed by atoms with Crippen LogP contribution in [0.2, 0.25) is 0 Å². The minimum atomic E-state index is -0.279. The first-order valence-corrected chi connectivity index (χ1v) is 15.2. The summed E-state index contributed by atoms with van der Waals surface area (Å²) in [5.74, 6) is 1.37. The van der Waals surface area contributed by atoms with Crippen molar-refractivity contribution in [1.29, 1.82) is 5.26 Å². The highest BCUT2D eigenvalue weighted by Gasteiger charge is 2.21. The highest BCUT2D eigenvalue weighted by atomic mass is 32.1. The largest absolute Gasteiger partial charge is 0.493 e. The Morgan fingerprint density at radius 1 is 1.00 bits per heavy atom. The maximum atomic E-state index is 13.9. The van der Waals surface area contributed by atoms with Crippen molar-refractivity contribution in [2.24, 2.45) is 5.92 Å². The standard InChI is InChI=1S/C36H35N3O2S/c1-6-23(4)25-14-16-26(17-15-25)34-24(5)42-36(31(34)20-37)39-35(40)30-19-33(38-32-13-8-7-12-29(30)32)27-10-9-11-28(18-27)41-21-22(2)3/h7-19,22-23H,6,21H2,1-5H3,(H,39,40). The molecule has 0 fully saturated rings. The summed E-state index contributed by atoms with van der Waals surface area (Å²) in [6, 6.07) is 28.0. The van der Waals surface area contributed by atoms with E-state index in [-0.39, 0.29) is 5.91 Å². The average molecular weight is 574 g/mol. The Bertz CT molecular complexity index is 1780. The van der Waals surface area contributed by atoms with Crippen LogP contribution in [-0.4, -0.2) is 17.5 Å². The molecule has 0 radical (unpaired) electrons. The van der Waals surface area contributed by atoms with E-state index < -0.39 is 0 Å². The number of rotatable bonds is 9. The number of amides is 1. The molecular weight excluding hydrogens is 538 g/mol. The number of hydrogen-bond donors (Lipinski definition) is 1. The van der Waals surface area contributed by atoms with E-state index in [0.717, 1.165) is 44.6 Å². The summed E-state index contributed by atoms with van der Waals surface area (Å²) >= 11 is 1.43. The number of pyridine rings is 1. The lowest BCUT2D eigenvalue weighted by molar-refractivity contribution is 0.102. The first-order chi connectivity index (χ1) is 20.3. The summed E-state index contributed by atoms with van der Waals surface area (Å²) < 4.78 is 5.94. The molecule has 1 N–H and O–H groups in total. The van der Waals surface area contributed by atoms with Crippen molar-refractivity contribution in [2.75, 3.05) is 11.9 Å². The van der Waals surface area contributed by atoms with Gasteiger partial charge in [-0.05, 0) is 60.6 Å². The zero-order valence-corrected chi connectivity index (χ0v) is 25.5. The highest BCUT2D eigenvalue weighted by molar-refractivity contribution is 7.17. The Kier molecular flexibility index (Phi) is 8.70. The van der Waals surface area contributed by atoms with Crippen LogP contribution in [0.5, 0.6) is 5.75 Å². The molecule has 5 nitrogen and oxygen atoms in total. The summed E-state index contributed by atoms with van der Waals surface area (Å²) in [4.78, 5) is 19.7. The monoisotopic (exact) mass is 573 g/mol. The fraction of sp³-hybridized carbons (Fsp3) is 0.250. The van der Waals surface area contributed by atoms with Crippen molar-refractivity contribution in [3.63, 3.8) is 0 Å². The number of fused-ring (bicyclic) bond motifs is 1. The predicted octanol–water partition coefficient (Wildman–Crippen LogP) is 9.61. The summed E-state index contributed by atoms with van der Waals surface area (Å²) in [6.07, 6.45) is 1.07. The molecule has 0 aliphatic carbocycles. The number of ether oxygens (including phenoxy) is 1. The van der Waals surface area contributed by atoms with Gasteiger partial charge >= 0.3 is 0 Å². The second-order valence-electron chi connectivity index (χ2n) is 11.0. The van der Waals surface area contributed by atoms with E-state index in [9.17, 15) is 10.1 Å². The van der Waals surface area contributed by atoms with Gasteiger partial charge in [0.15, 0.2) is 0 Å². The number of para-hydroxylation sites is 1. The van der Waals surface area contributed by atoms with Crippen LogP contribution >= 0.6 is 11.3 Å². The van der Waals surface area contributed by atoms with Gasteiger partial charge < -0.3 is 10.1 Å². The third-order valence-electron chi connectivity index (χ3n) is 7.48. The number of nitriles is 1. The molecule has 42 heavy (non-hydrogen) atoms. The van der Waals surface area contributed by atoms with Crippen LogP contribution in [0.25, 0.3) is 33.3 Å². The summed E-state index contributed by atoms with van der Waals surface area (Å²) in [5.41, 5.74) is 6.37. The van der Waals surface area contributed by atoms with E-state index in [0.29, 0.717) is 40.3 Å². The quantitative estimate of drug-likeness (QED) is 0.190. The molecule has 0 spiro atoms. The van der Waals surface area contributed by atoms with Crippen LogP contribution in [0.4, 0.5) is 5.00 Å². The molecule has 0 saturated carbocycles. The maximum Gasteiger partial charge on any atom is 0.257 e. The molecular formula is C36H35N3O2S.